The Kier molecular flexibility index (Phi) is 5.97. The zero-order valence-corrected chi connectivity index (χ0v) is 19.0. The minimum atomic E-state index is -0.292. The van der Waals surface area contributed by atoms with E-state index in [1.807, 2.05) is 24.3 Å². The third kappa shape index (κ3) is 3.94. The highest BCUT2D eigenvalue weighted by molar-refractivity contribution is 5.97. The summed E-state index contributed by atoms with van der Waals surface area (Å²) >= 11 is 0. The molecule has 4 aliphatic rings. The predicted molar refractivity (Wildman–Crippen MR) is 124 cm³/mol. The third-order valence-corrected chi connectivity index (χ3v) is 8.20. The maximum Gasteiger partial charge on any atom is 0.228 e. The molecular weight excluding hydrogens is 402 g/mol. The van der Waals surface area contributed by atoms with E-state index in [4.69, 9.17) is 4.74 Å². The summed E-state index contributed by atoms with van der Waals surface area (Å²) < 4.78 is 5.20. The molecule has 2 amide bonds. The first-order valence-electron chi connectivity index (χ1n) is 12.3. The van der Waals surface area contributed by atoms with Crippen molar-refractivity contribution in [3.05, 3.63) is 36.4 Å². The van der Waals surface area contributed by atoms with Crippen molar-refractivity contribution in [2.45, 2.75) is 38.5 Å². The van der Waals surface area contributed by atoms with Crippen LogP contribution >= 0.6 is 0 Å². The van der Waals surface area contributed by atoms with Gasteiger partial charge >= 0.3 is 0 Å². The number of rotatable bonds is 9. The van der Waals surface area contributed by atoms with Crippen LogP contribution in [0.1, 0.15) is 38.5 Å². The molecule has 5 rings (SSSR count). The van der Waals surface area contributed by atoms with Crippen molar-refractivity contribution in [1.82, 2.24) is 10.2 Å². The summed E-state index contributed by atoms with van der Waals surface area (Å²) in [5.74, 6) is 0.602. The van der Waals surface area contributed by atoms with Crippen LogP contribution in [0.3, 0.4) is 0 Å². The fourth-order valence-corrected chi connectivity index (χ4v) is 6.41. The number of benzene rings is 1. The van der Waals surface area contributed by atoms with Crippen LogP contribution in [0, 0.1) is 29.1 Å². The maximum absolute atomic E-state index is 13.4. The summed E-state index contributed by atoms with van der Waals surface area (Å²) in [6.45, 7) is 4.26. The third-order valence-electron chi connectivity index (χ3n) is 8.20. The quantitative estimate of drug-likeness (QED) is 0.459. The monoisotopic (exact) mass is 437 g/mol. The van der Waals surface area contributed by atoms with Gasteiger partial charge in [0.1, 0.15) is 5.75 Å². The zero-order valence-electron chi connectivity index (χ0n) is 19.0. The molecule has 4 atom stereocenters. The smallest absolute Gasteiger partial charge is 0.228 e. The molecule has 1 heterocycles. The van der Waals surface area contributed by atoms with Crippen LogP contribution in [0.4, 0.5) is 5.69 Å². The molecule has 3 aliphatic carbocycles. The molecule has 3 fully saturated rings. The van der Waals surface area contributed by atoms with Gasteiger partial charge in [-0.15, -0.1) is 0 Å². The molecule has 0 aromatic heterocycles. The molecule has 6 heteroatoms. The molecule has 2 saturated carbocycles. The van der Waals surface area contributed by atoms with Gasteiger partial charge in [-0.2, -0.15) is 0 Å². The summed E-state index contributed by atoms with van der Waals surface area (Å²) in [5, 5.41) is 6.24. The lowest BCUT2D eigenvalue weighted by Crippen LogP contribution is -2.42. The molecule has 172 valence electrons. The molecule has 1 aliphatic heterocycles. The number of nitrogens with one attached hydrogen (secondary N) is 2. The molecule has 2 N–H and O–H groups in total. The van der Waals surface area contributed by atoms with Crippen molar-refractivity contribution >= 4 is 17.5 Å². The second kappa shape index (κ2) is 8.89. The van der Waals surface area contributed by atoms with Crippen molar-refractivity contribution in [2.24, 2.45) is 29.1 Å². The van der Waals surface area contributed by atoms with Crippen molar-refractivity contribution < 1.29 is 14.3 Å². The molecular formula is C26H35N3O3. The average molecular weight is 438 g/mol. The highest BCUT2D eigenvalue weighted by atomic mass is 16.5. The Morgan fingerprint density at radius 3 is 2.28 bits per heavy atom. The van der Waals surface area contributed by atoms with Gasteiger partial charge < -0.3 is 20.3 Å². The SMILES string of the molecule is COc1ccc(NC(=O)[C@H]2[C@H](C(=O)NCCCCN3CCCC3)[C@H]3C=C[C@H]2C32CC2)cc1. The van der Waals surface area contributed by atoms with Crippen LogP contribution in [0.5, 0.6) is 5.75 Å². The van der Waals surface area contributed by atoms with Gasteiger partial charge in [-0.05, 0) is 99.7 Å². The largest absolute Gasteiger partial charge is 0.497 e. The number of amides is 2. The number of hydrogen-bond acceptors (Lipinski definition) is 4. The summed E-state index contributed by atoms with van der Waals surface area (Å²) in [5.41, 5.74) is 0.896. The number of nitrogens with zero attached hydrogens (tertiary/aromatic N) is 1. The number of likely N-dealkylation sites (tertiary alicyclic amines) is 1. The van der Waals surface area contributed by atoms with E-state index in [-0.39, 0.29) is 40.9 Å². The molecule has 0 unspecified atom stereocenters. The summed E-state index contributed by atoms with van der Waals surface area (Å²) in [7, 11) is 1.62. The lowest BCUT2D eigenvalue weighted by atomic mass is 9.81. The molecule has 32 heavy (non-hydrogen) atoms. The molecule has 2 bridgehead atoms. The van der Waals surface area contributed by atoms with Crippen molar-refractivity contribution in [3.63, 3.8) is 0 Å². The van der Waals surface area contributed by atoms with Gasteiger partial charge in [-0.25, -0.2) is 0 Å². The standard InChI is InChI=1S/C26H35N3O3/c1-32-19-8-6-18(7-9-19)28-25(31)23-21-11-10-20(26(21)12-13-26)22(23)24(30)27-14-2-3-15-29-16-4-5-17-29/h6-11,20-23H,2-5,12-17H2,1H3,(H,27,30)(H,28,31)/t20-,21-,22-,23-/m1/s1. The van der Waals surface area contributed by atoms with Crippen molar-refractivity contribution in [1.29, 1.82) is 0 Å². The van der Waals surface area contributed by atoms with E-state index in [1.165, 1.54) is 25.9 Å². The lowest BCUT2D eigenvalue weighted by molar-refractivity contribution is -0.132. The molecule has 1 aromatic carbocycles. The first-order valence-corrected chi connectivity index (χ1v) is 12.3. The Balaban J connectivity index is 1.20. The first kappa shape index (κ1) is 21.5. The summed E-state index contributed by atoms with van der Waals surface area (Å²) in [4.78, 5) is 29.1. The van der Waals surface area contributed by atoms with Gasteiger partial charge in [0.15, 0.2) is 0 Å². The number of anilines is 1. The van der Waals surface area contributed by atoms with E-state index in [2.05, 4.69) is 27.7 Å². The van der Waals surface area contributed by atoms with E-state index in [0.29, 0.717) is 6.54 Å². The van der Waals surface area contributed by atoms with Crippen LogP contribution in [-0.2, 0) is 9.59 Å². The van der Waals surface area contributed by atoms with Gasteiger partial charge in [0, 0.05) is 12.2 Å². The van der Waals surface area contributed by atoms with Gasteiger partial charge in [0.05, 0.1) is 18.9 Å². The number of hydrogen-bond donors (Lipinski definition) is 2. The van der Waals surface area contributed by atoms with Crippen LogP contribution in [-0.4, -0.2) is 50.0 Å². The lowest BCUT2D eigenvalue weighted by Gasteiger charge is -2.26. The fraction of sp³-hybridized carbons (Fsp3) is 0.615. The first-order chi connectivity index (χ1) is 15.6. The summed E-state index contributed by atoms with van der Waals surface area (Å²) in [6.07, 6.45) is 11.4. The number of allylic oxidation sites excluding steroid dienone is 2. The highest BCUT2D eigenvalue weighted by Gasteiger charge is 2.69. The van der Waals surface area contributed by atoms with E-state index >= 15 is 0 Å². The van der Waals surface area contributed by atoms with Gasteiger partial charge in [-0.3, -0.25) is 9.59 Å². The second-order valence-electron chi connectivity index (χ2n) is 9.99. The van der Waals surface area contributed by atoms with E-state index in [9.17, 15) is 9.59 Å². The van der Waals surface area contributed by atoms with Gasteiger partial charge in [-0.1, -0.05) is 12.2 Å². The number of carbonyl (C=O) groups is 2. The van der Waals surface area contributed by atoms with Gasteiger partial charge in [0.2, 0.25) is 11.8 Å². The molecule has 1 spiro atoms. The minimum absolute atomic E-state index is 0.0347. The Morgan fingerprint density at radius 1 is 1.00 bits per heavy atom. The van der Waals surface area contributed by atoms with E-state index < -0.39 is 0 Å². The zero-order chi connectivity index (χ0) is 22.1. The van der Waals surface area contributed by atoms with Crippen LogP contribution < -0.4 is 15.4 Å². The second-order valence-corrected chi connectivity index (χ2v) is 9.99. The number of unbranched alkanes of at least 4 members (excludes halogenated alkanes) is 1. The highest BCUT2D eigenvalue weighted by Crippen LogP contribution is 2.72. The Hall–Kier alpha value is -2.34. The Bertz CT molecular complexity index is 871. The average Bonchev–Trinajstić information content (AvgIpc) is 3.16. The number of carbonyl (C=O) groups excluding carboxylic acids is 2. The molecule has 1 aromatic rings. The topological polar surface area (TPSA) is 70.7 Å². The maximum atomic E-state index is 13.4. The van der Waals surface area contributed by atoms with Crippen molar-refractivity contribution in [2.75, 3.05) is 38.6 Å². The fourth-order valence-electron chi connectivity index (χ4n) is 6.41. The molecule has 6 nitrogen and oxygen atoms in total. The molecule has 1 saturated heterocycles. The minimum Gasteiger partial charge on any atom is -0.497 e. The predicted octanol–water partition coefficient (Wildman–Crippen LogP) is 3.45. The normalized spacial score (nSPS) is 29.4. The van der Waals surface area contributed by atoms with E-state index in [0.717, 1.165) is 43.7 Å². The number of methoxy groups -OCH3 is 1. The van der Waals surface area contributed by atoms with Gasteiger partial charge in [0.25, 0.3) is 0 Å². The number of ether oxygens (including phenoxy) is 1. The summed E-state index contributed by atoms with van der Waals surface area (Å²) in [6, 6.07) is 7.38. The van der Waals surface area contributed by atoms with E-state index in [1.54, 1.807) is 7.11 Å². The Labute approximate surface area is 190 Å². The van der Waals surface area contributed by atoms with Crippen LogP contribution in [0.2, 0.25) is 0 Å². The van der Waals surface area contributed by atoms with Crippen LogP contribution in [0.15, 0.2) is 36.4 Å². The van der Waals surface area contributed by atoms with Crippen molar-refractivity contribution in [3.8, 4) is 5.75 Å². The molecule has 0 radical (unpaired) electrons. The van der Waals surface area contributed by atoms with Crippen LogP contribution in [0.25, 0.3) is 0 Å². The Morgan fingerprint density at radius 2 is 1.66 bits per heavy atom.